The average Bonchev–Trinajstić information content (AvgIpc) is 3.27. The molecule has 1 aliphatic rings. The number of hydrogen-bond donors (Lipinski definition) is 2. The van der Waals surface area contributed by atoms with Crippen molar-refractivity contribution >= 4 is 5.91 Å². The lowest BCUT2D eigenvalue weighted by Crippen LogP contribution is -2.33. The summed E-state index contributed by atoms with van der Waals surface area (Å²) >= 11 is 0. The molecule has 0 bridgehead atoms. The molecule has 0 aliphatic heterocycles. The molecule has 3 nitrogen and oxygen atoms in total. The molecule has 116 valence electrons. The van der Waals surface area contributed by atoms with Gasteiger partial charge in [-0.1, -0.05) is 12.1 Å². The minimum absolute atomic E-state index is 0.0727. The van der Waals surface area contributed by atoms with Gasteiger partial charge < -0.3 is 10.6 Å². The van der Waals surface area contributed by atoms with Crippen LogP contribution in [0.1, 0.15) is 36.9 Å². The second-order valence-electron chi connectivity index (χ2n) is 5.36. The van der Waals surface area contributed by atoms with Crippen LogP contribution >= 0.6 is 0 Å². The van der Waals surface area contributed by atoms with Gasteiger partial charge in [-0.15, -0.1) is 0 Å². The van der Waals surface area contributed by atoms with E-state index in [0.717, 1.165) is 25.0 Å². The van der Waals surface area contributed by atoms with Crippen molar-refractivity contribution < 1.29 is 18.0 Å². The molecule has 1 atom stereocenters. The Kier molecular flexibility index (Phi) is 4.88. The average molecular weight is 300 g/mol. The summed E-state index contributed by atoms with van der Waals surface area (Å²) in [6, 6.07) is 5.08. The van der Waals surface area contributed by atoms with E-state index in [1.54, 1.807) is 13.0 Å². The minimum Gasteiger partial charge on any atom is -0.355 e. The Morgan fingerprint density at radius 3 is 2.67 bits per heavy atom. The lowest BCUT2D eigenvalue weighted by Gasteiger charge is -2.16. The summed E-state index contributed by atoms with van der Waals surface area (Å²) in [5.74, 6) is 0.245. The number of carbonyl (C=O) groups excluding carboxylic acids is 1. The maximum absolute atomic E-state index is 12.6. The molecule has 0 radical (unpaired) electrons. The molecule has 0 heterocycles. The Morgan fingerprint density at radius 2 is 2.05 bits per heavy atom. The van der Waals surface area contributed by atoms with Gasteiger partial charge in [0.05, 0.1) is 5.56 Å². The van der Waals surface area contributed by atoms with Crippen molar-refractivity contribution in [3.8, 4) is 0 Å². The molecule has 1 fully saturated rings. The monoisotopic (exact) mass is 300 g/mol. The summed E-state index contributed by atoms with van der Waals surface area (Å²) < 4.78 is 37.9. The summed E-state index contributed by atoms with van der Waals surface area (Å²) in [4.78, 5) is 11.4. The third kappa shape index (κ3) is 4.74. The van der Waals surface area contributed by atoms with Gasteiger partial charge in [-0.3, -0.25) is 4.79 Å². The lowest BCUT2D eigenvalue weighted by atomic mass is 10.0. The highest BCUT2D eigenvalue weighted by Crippen LogP contribution is 2.30. The lowest BCUT2D eigenvalue weighted by molar-refractivity contribution is -0.137. The summed E-state index contributed by atoms with van der Waals surface area (Å²) in [6.07, 6.45) is -2.41. The van der Waals surface area contributed by atoms with Crippen molar-refractivity contribution in [3.63, 3.8) is 0 Å². The summed E-state index contributed by atoms with van der Waals surface area (Å²) in [5.41, 5.74) is -0.0611. The van der Waals surface area contributed by atoms with Crippen LogP contribution in [0.15, 0.2) is 24.3 Å². The molecule has 1 aromatic carbocycles. The van der Waals surface area contributed by atoms with Gasteiger partial charge in [0, 0.05) is 25.0 Å². The minimum atomic E-state index is -4.33. The van der Waals surface area contributed by atoms with Crippen LogP contribution in [0.3, 0.4) is 0 Å². The van der Waals surface area contributed by atoms with Gasteiger partial charge in [-0.05, 0) is 37.5 Å². The largest absolute Gasteiger partial charge is 0.416 e. The Hall–Kier alpha value is -1.56. The van der Waals surface area contributed by atoms with Crippen molar-refractivity contribution in [2.45, 2.75) is 32.0 Å². The Labute approximate surface area is 121 Å². The molecule has 6 heteroatoms. The predicted molar refractivity (Wildman–Crippen MR) is 73.6 cm³/mol. The third-order valence-electron chi connectivity index (χ3n) is 3.54. The van der Waals surface area contributed by atoms with E-state index < -0.39 is 11.7 Å². The van der Waals surface area contributed by atoms with Crippen LogP contribution in [0, 0.1) is 5.92 Å². The Bertz CT molecular complexity index is 498. The summed E-state index contributed by atoms with van der Waals surface area (Å²) in [5, 5.41) is 5.92. The van der Waals surface area contributed by atoms with Crippen LogP contribution < -0.4 is 10.6 Å². The zero-order valence-electron chi connectivity index (χ0n) is 11.8. The van der Waals surface area contributed by atoms with Crippen LogP contribution in [0.5, 0.6) is 0 Å². The quantitative estimate of drug-likeness (QED) is 0.793. The maximum Gasteiger partial charge on any atom is 0.416 e. The smallest absolute Gasteiger partial charge is 0.355 e. The van der Waals surface area contributed by atoms with E-state index in [1.807, 2.05) is 0 Å². The first-order valence-electron chi connectivity index (χ1n) is 7.06. The zero-order valence-corrected chi connectivity index (χ0v) is 11.8. The van der Waals surface area contributed by atoms with E-state index in [2.05, 4.69) is 10.6 Å². The van der Waals surface area contributed by atoms with Crippen molar-refractivity contribution in [1.29, 1.82) is 0 Å². The van der Waals surface area contributed by atoms with Gasteiger partial charge >= 0.3 is 6.18 Å². The van der Waals surface area contributed by atoms with Crippen molar-refractivity contribution in [2.75, 3.05) is 13.1 Å². The van der Waals surface area contributed by atoms with E-state index in [-0.39, 0.29) is 17.9 Å². The molecular formula is C15H19F3N2O. The predicted octanol–water partition coefficient (Wildman–Crippen LogP) is 2.88. The fraction of sp³-hybridized carbons (Fsp3) is 0.533. The number of benzene rings is 1. The number of halogens is 3. The SMILES string of the molecule is CC(NCCNC(=O)C1CC1)c1cccc(C(F)(F)F)c1. The van der Waals surface area contributed by atoms with E-state index in [1.165, 1.54) is 6.07 Å². The number of nitrogens with one attached hydrogen (secondary N) is 2. The maximum atomic E-state index is 12.6. The van der Waals surface area contributed by atoms with E-state index in [4.69, 9.17) is 0 Å². The normalized spacial score (nSPS) is 16.6. The molecule has 1 unspecified atom stereocenters. The van der Waals surface area contributed by atoms with Gasteiger partial charge in [-0.2, -0.15) is 13.2 Å². The zero-order chi connectivity index (χ0) is 15.5. The first kappa shape index (κ1) is 15.8. The first-order chi connectivity index (χ1) is 9.88. The second-order valence-corrected chi connectivity index (χ2v) is 5.36. The topological polar surface area (TPSA) is 41.1 Å². The van der Waals surface area contributed by atoms with E-state index >= 15 is 0 Å². The van der Waals surface area contributed by atoms with Crippen LogP contribution in [-0.2, 0) is 11.0 Å². The van der Waals surface area contributed by atoms with Gasteiger partial charge in [0.25, 0.3) is 0 Å². The fourth-order valence-electron chi connectivity index (χ4n) is 2.07. The molecule has 0 saturated heterocycles. The van der Waals surface area contributed by atoms with E-state index in [0.29, 0.717) is 18.7 Å². The van der Waals surface area contributed by atoms with Crippen molar-refractivity contribution in [1.82, 2.24) is 10.6 Å². The Balaban J connectivity index is 1.79. The highest BCUT2D eigenvalue weighted by atomic mass is 19.4. The molecule has 0 aromatic heterocycles. The highest BCUT2D eigenvalue weighted by Gasteiger charge is 2.31. The molecule has 2 N–H and O–H groups in total. The number of alkyl halides is 3. The van der Waals surface area contributed by atoms with Gasteiger partial charge in [0.1, 0.15) is 0 Å². The summed E-state index contributed by atoms with van der Waals surface area (Å²) in [7, 11) is 0. The molecule has 1 amide bonds. The molecule has 1 saturated carbocycles. The second kappa shape index (κ2) is 6.47. The number of amides is 1. The number of carbonyl (C=O) groups is 1. The Morgan fingerprint density at radius 1 is 1.33 bits per heavy atom. The van der Waals surface area contributed by atoms with Gasteiger partial charge in [0.15, 0.2) is 0 Å². The summed E-state index contributed by atoms with van der Waals surface area (Å²) in [6.45, 7) is 2.81. The molecule has 1 aliphatic carbocycles. The highest BCUT2D eigenvalue weighted by molar-refractivity contribution is 5.80. The van der Waals surface area contributed by atoms with Crippen LogP contribution in [0.25, 0.3) is 0 Å². The third-order valence-corrected chi connectivity index (χ3v) is 3.54. The van der Waals surface area contributed by atoms with Crippen molar-refractivity contribution in [2.24, 2.45) is 5.92 Å². The van der Waals surface area contributed by atoms with Gasteiger partial charge in [-0.25, -0.2) is 0 Å². The van der Waals surface area contributed by atoms with E-state index in [9.17, 15) is 18.0 Å². The van der Waals surface area contributed by atoms with Crippen molar-refractivity contribution in [3.05, 3.63) is 35.4 Å². The standard InChI is InChI=1S/C15H19F3N2O/c1-10(19-7-8-20-14(21)11-5-6-11)12-3-2-4-13(9-12)15(16,17)18/h2-4,9-11,19H,5-8H2,1H3,(H,20,21). The first-order valence-corrected chi connectivity index (χ1v) is 7.06. The van der Waals surface area contributed by atoms with Gasteiger partial charge in [0.2, 0.25) is 5.91 Å². The van der Waals surface area contributed by atoms with Crippen LogP contribution in [0.2, 0.25) is 0 Å². The molecule has 1 aromatic rings. The number of rotatable bonds is 6. The molecular weight excluding hydrogens is 281 g/mol. The fourth-order valence-corrected chi connectivity index (χ4v) is 2.07. The van der Waals surface area contributed by atoms with Crippen LogP contribution in [0.4, 0.5) is 13.2 Å². The molecule has 0 spiro atoms. The van der Waals surface area contributed by atoms with Crippen LogP contribution in [-0.4, -0.2) is 19.0 Å². The number of hydrogen-bond acceptors (Lipinski definition) is 2. The molecule has 21 heavy (non-hydrogen) atoms. The molecule has 2 rings (SSSR count).